The fraction of sp³-hybridized carbons (Fsp3) is 0.400. The highest BCUT2D eigenvalue weighted by Gasteiger charge is 2.59. The van der Waals surface area contributed by atoms with Crippen molar-refractivity contribution < 1.29 is 23.9 Å². The zero-order chi connectivity index (χ0) is 18.7. The Kier molecular flexibility index (Phi) is 3.47. The minimum absolute atomic E-state index is 0.0349. The second-order valence-corrected chi connectivity index (χ2v) is 7.60. The van der Waals surface area contributed by atoms with Gasteiger partial charge < -0.3 is 10.1 Å². The van der Waals surface area contributed by atoms with Gasteiger partial charge in [-0.05, 0) is 48.4 Å². The molecule has 2 aliphatic heterocycles. The van der Waals surface area contributed by atoms with Gasteiger partial charge in [-0.2, -0.15) is 0 Å². The predicted molar refractivity (Wildman–Crippen MR) is 93.5 cm³/mol. The summed E-state index contributed by atoms with van der Waals surface area (Å²) in [7, 11) is 0. The topological polar surface area (TPSA) is 92.8 Å². The molecule has 7 heteroatoms. The van der Waals surface area contributed by atoms with Crippen LogP contribution >= 0.6 is 0 Å². The summed E-state index contributed by atoms with van der Waals surface area (Å²) in [5.74, 6) is -1.24. The maximum atomic E-state index is 12.6. The van der Waals surface area contributed by atoms with Crippen molar-refractivity contribution >= 4 is 29.4 Å². The summed E-state index contributed by atoms with van der Waals surface area (Å²) >= 11 is 0. The number of anilines is 1. The number of rotatable bonds is 3. The van der Waals surface area contributed by atoms with Gasteiger partial charge in [-0.3, -0.25) is 19.3 Å². The van der Waals surface area contributed by atoms with Gasteiger partial charge in [0.15, 0.2) is 0 Å². The van der Waals surface area contributed by atoms with Crippen molar-refractivity contribution in [3.05, 3.63) is 35.9 Å². The summed E-state index contributed by atoms with van der Waals surface area (Å²) in [6, 6.07) is 4.99. The molecule has 0 spiro atoms. The molecule has 2 bridgehead atoms. The quantitative estimate of drug-likeness (QED) is 0.377. The maximum Gasteiger partial charge on any atom is 0.331 e. The van der Waals surface area contributed by atoms with E-state index in [0.29, 0.717) is 24.3 Å². The van der Waals surface area contributed by atoms with E-state index in [0.717, 1.165) is 16.9 Å². The molecule has 1 saturated carbocycles. The summed E-state index contributed by atoms with van der Waals surface area (Å²) in [6.45, 7) is -0.363. The van der Waals surface area contributed by atoms with E-state index in [1.54, 1.807) is 18.2 Å². The van der Waals surface area contributed by atoms with Crippen molar-refractivity contribution in [2.75, 3.05) is 11.9 Å². The summed E-state index contributed by atoms with van der Waals surface area (Å²) in [4.78, 5) is 50.0. The molecule has 1 aromatic carbocycles. The van der Waals surface area contributed by atoms with Crippen LogP contribution in [0.15, 0.2) is 30.4 Å². The van der Waals surface area contributed by atoms with E-state index in [4.69, 9.17) is 4.74 Å². The predicted octanol–water partition coefficient (Wildman–Crippen LogP) is 1.28. The Morgan fingerprint density at radius 1 is 1.07 bits per heavy atom. The zero-order valence-electron chi connectivity index (χ0n) is 14.5. The number of aryl methyl sites for hydroxylation is 1. The molecule has 1 N–H and O–H groups in total. The first-order valence-corrected chi connectivity index (χ1v) is 9.18. The lowest BCUT2D eigenvalue weighted by molar-refractivity contribution is -0.148. The van der Waals surface area contributed by atoms with Gasteiger partial charge in [0.2, 0.25) is 17.7 Å². The highest BCUT2D eigenvalue weighted by molar-refractivity contribution is 6.08. The number of nitrogens with zero attached hydrogens (tertiary/aromatic N) is 1. The maximum absolute atomic E-state index is 12.6. The number of hydrogen-bond acceptors (Lipinski definition) is 5. The number of imide groups is 1. The Morgan fingerprint density at radius 3 is 2.48 bits per heavy atom. The van der Waals surface area contributed by atoms with Gasteiger partial charge in [0.25, 0.3) is 0 Å². The van der Waals surface area contributed by atoms with Crippen molar-refractivity contribution in [1.82, 2.24) is 4.90 Å². The van der Waals surface area contributed by atoms with Gasteiger partial charge in [-0.15, -0.1) is 0 Å². The first-order chi connectivity index (χ1) is 13.0. The van der Waals surface area contributed by atoms with Crippen molar-refractivity contribution in [3.8, 4) is 5.75 Å². The molecule has 5 rings (SSSR count). The SMILES string of the molecule is O=C1CCc2cc(OC(=O)CN3C(=O)[C@@H]4[C@H](C3=O)[C@H]3C=C[C@H]4C3)ccc2N1. The zero-order valence-corrected chi connectivity index (χ0v) is 14.5. The van der Waals surface area contributed by atoms with Crippen LogP contribution in [0.2, 0.25) is 0 Å². The van der Waals surface area contributed by atoms with Crippen LogP contribution < -0.4 is 10.1 Å². The molecule has 4 atom stereocenters. The average Bonchev–Trinajstić information content (AvgIpc) is 3.32. The molecule has 7 nitrogen and oxygen atoms in total. The summed E-state index contributed by atoms with van der Waals surface area (Å²) in [5.41, 5.74) is 1.61. The molecule has 0 unspecified atom stereocenters. The van der Waals surface area contributed by atoms with E-state index < -0.39 is 5.97 Å². The largest absolute Gasteiger partial charge is 0.425 e. The lowest BCUT2D eigenvalue weighted by Crippen LogP contribution is -2.38. The van der Waals surface area contributed by atoms with Crippen LogP contribution in [-0.4, -0.2) is 35.1 Å². The molecule has 27 heavy (non-hydrogen) atoms. The Bertz CT molecular complexity index is 891. The van der Waals surface area contributed by atoms with Crippen LogP contribution in [0.3, 0.4) is 0 Å². The fourth-order valence-electron chi connectivity index (χ4n) is 4.84. The summed E-state index contributed by atoms with van der Waals surface area (Å²) in [6.07, 6.45) is 5.86. The number of fused-ring (bicyclic) bond motifs is 6. The Morgan fingerprint density at radius 2 is 1.78 bits per heavy atom. The number of esters is 1. The van der Waals surface area contributed by atoms with Gasteiger partial charge >= 0.3 is 5.97 Å². The average molecular weight is 366 g/mol. The van der Waals surface area contributed by atoms with Crippen LogP contribution in [-0.2, 0) is 25.6 Å². The van der Waals surface area contributed by atoms with Gasteiger partial charge in [0, 0.05) is 12.1 Å². The Balaban J connectivity index is 1.27. The lowest BCUT2D eigenvalue weighted by atomic mass is 9.85. The number of ether oxygens (including phenoxy) is 1. The van der Waals surface area contributed by atoms with Crippen molar-refractivity contribution in [1.29, 1.82) is 0 Å². The monoisotopic (exact) mass is 366 g/mol. The molecule has 4 aliphatic rings. The van der Waals surface area contributed by atoms with Gasteiger partial charge in [-0.1, -0.05) is 12.2 Å². The minimum Gasteiger partial charge on any atom is -0.425 e. The second-order valence-electron chi connectivity index (χ2n) is 7.60. The van der Waals surface area contributed by atoms with Crippen molar-refractivity contribution in [3.63, 3.8) is 0 Å². The molecule has 2 aliphatic carbocycles. The van der Waals surface area contributed by atoms with Crippen molar-refractivity contribution in [2.45, 2.75) is 19.3 Å². The number of benzene rings is 1. The lowest BCUT2D eigenvalue weighted by Gasteiger charge is -2.18. The smallest absolute Gasteiger partial charge is 0.331 e. The minimum atomic E-state index is -0.642. The van der Waals surface area contributed by atoms with Crippen LogP contribution in [0.25, 0.3) is 0 Å². The Labute approximate surface area is 155 Å². The summed E-state index contributed by atoms with van der Waals surface area (Å²) < 4.78 is 5.34. The van der Waals surface area contributed by atoms with Gasteiger partial charge in [0.05, 0.1) is 11.8 Å². The highest BCUT2D eigenvalue weighted by atomic mass is 16.5. The molecule has 1 aromatic rings. The number of carbonyl (C=O) groups is 4. The molecule has 2 fully saturated rings. The number of likely N-dealkylation sites (tertiary alicyclic amines) is 1. The third-order valence-corrected chi connectivity index (χ3v) is 6.05. The first-order valence-electron chi connectivity index (χ1n) is 9.18. The number of hydrogen-bond donors (Lipinski definition) is 1. The third kappa shape index (κ3) is 2.49. The number of carbonyl (C=O) groups excluding carboxylic acids is 4. The van der Waals surface area contributed by atoms with Gasteiger partial charge in [0.1, 0.15) is 12.3 Å². The molecule has 1 saturated heterocycles. The highest BCUT2D eigenvalue weighted by Crippen LogP contribution is 2.52. The molecule has 2 heterocycles. The molecule has 0 radical (unpaired) electrons. The normalized spacial score (nSPS) is 30.4. The van der Waals surface area contributed by atoms with Crippen LogP contribution in [0, 0.1) is 23.7 Å². The molecular formula is C20H18N2O5. The van der Waals surface area contributed by atoms with E-state index in [1.807, 2.05) is 12.2 Å². The van der Waals surface area contributed by atoms with E-state index >= 15 is 0 Å². The molecule has 138 valence electrons. The van der Waals surface area contributed by atoms with Gasteiger partial charge in [-0.25, -0.2) is 4.79 Å². The van der Waals surface area contributed by atoms with Crippen molar-refractivity contribution in [2.24, 2.45) is 23.7 Å². The fourth-order valence-corrected chi connectivity index (χ4v) is 4.84. The number of allylic oxidation sites excluding steroid dienone is 2. The molecular weight excluding hydrogens is 348 g/mol. The van der Waals surface area contributed by atoms with E-state index in [1.165, 1.54) is 0 Å². The Hall–Kier alpha value is -2.96. The van der Waals surface area contributed by atoms with E-state index in [9.17, 15) is 19.2 Å². The third-order valence-electron chi connectivity index (χ3n) is 6.05. The standard InChI is InChI=1S/C20H18N2O5/c23-15-6-3-10-8-13(4-5-14(10)21-15)27-16(24)9-22-19(25)17-11-1-2-12(7-11)18(17)20(22)26/h1-2,4-5,8,11-12,17-18H,3,6-7,9H2,(H,21,23)/t11-,12-,17-,18+/m0/s1. The van der Waals surface area contributed by atoms with Crippen LogP contribution in [0.1, 0.15) is 18.4 Å². The number of nitrogens with one attached hydrogen (secondary N) is 1. The first kappa shape index (κ1) is 16.2. The summed E-state index contributed by atoms with van der Waals surface area (Å²) in [5, 5.41) is 2.76. The second kappa shape index (κ2) is 5.77. The van der Waals surface area contributed by atoms with E-state index in [-0.39, 0.29) is 47.9 Å². The molecule has 0 aromatic heterocycles. The van der Waals surface area contributed by atoms with Crippen LogP contribution in [0.4, 0.5) is 5.69 Å². The van der Waals surface area contributed by atoms with E-state index in [2.05, 4.69) is 5.32 Å². The van der Waals surface area contributed by atoms with Crippen LogP contribution in [0.5, 0.6) is 5.75 Å². The number of amides is 3. The molecule has 3 amide bonds.